The van der Waals surface area contributed by atoms with Crippen molar-refractivity contribution in [1.82, 2.24) is 9.80 Å². The van der Waals surface area contributed by atoms with E-state index in [9.17, 15) is 4.79 Å². The average molecular weight is 218 g/mol. The molecule has 1 aromatic rings. The minimum atomic E-state index is -0.0450. The van der Waals surface area contributed by atoms with Crippen LogP contribution in [-0.2, 0) is 6.54 Å². The van der Waals surface area contributed by atoms with E-state index in [2.05, 4.69) is 6.58 Å². The van der Waals surface area contributed by atoms with Crippen molar-refractivity contribution >= 4 is 6.03 Å². The minimum absolute atomic E-state index is 0.0450. The van der Waals surface area contributed by atoms with Gasteiger partial charge in [-0.15, -0.1) is 0 Å². The van der Waals surface area contributed by atoms with Crippen LogP contribution in [0.3, 0.4) is 0 Å². The summed E-state index contributed by atoms with van der Waals surface area (Å²) in [4.78, 5) is 15.1. The number of carbonyl (C=O) groups excluding carboxylic acids is 1. The molecule has 1 rings (SSSR count). The molecule has 3 nitrogen and oxygen atoms in total. The van der Waals surface area contributed by atoms with E-state index in [4.69, 9.17) is 0 Å². The van der Waals surface area contributed by atoms with E-state index < -0.39 is 0 Å². The van der Waals surface area contributed by atoms with Crippen molar-refractivity contribution in [3.05, 3.63) is 48.2 Å². The molecule has 0 saturated heterocycles. The standard InChI is InChI=1S/C13H18N2O/c1-11(2)15(13(16)14(3)4)10-12-8-6-5-7-9-12/h5-9H,1,10H2,2-4H3. The first-order valence-corrected chi connectivity index (χ1v) is 5.20. The predicted molar refractivity (Wildman–Crippen MR) is 65.9 cm³/mol. The maximum Gasteiger partial charge on any atom is 0.323 e. The number of benzene rings is 1. The summed E-state index contributed by atoms with van der Waals surface area (Å²) in [5.41, 5.74) is 1.85. The molecule has 0 bridgehead atoms. The van der Waals surface area contributed by atoms with Crippen LogP contribution in [0.4, 0.5) is 4.79 Å². The van der Waals surface area contributed by atoms with E-state index in [-0.39, 0.29) is 6.03 Å². The van der Waals surface area contributed by atoms with Gasteiger partial charge in [-0.05, 0) is 12.5 Å². The molecule has 0 unspecified atom stereocenters. The molecule has 0 radical (unpaired) electrons. The highest BCUT2D eigenvalue weighted by Crippen LogP contribution is 2.11. The summed E-state index contributed by atoms with van der Waals surface area (Å²) in [6.45, 7) is 6.23. The lowest BCUT2D eigenvalue weighted by Crippen LogP contribution is -2.37. The molecule has 0 saturated carbocycles. The Morgan fingerprint density at radius 1 is 1.25 bits per heavy atom. The molecule has 16 heavy (non-hydrogen) atoms. The van der Waals surface area contributed by atoms with Crippen LogP contribution in [0.2, 0.25) is 0 Å². The third-order valence-electron chi connectivity index (χ3n) is 2.26. The molecule has 0 heterocycles. The maximum atomic E-state index is 11.9. The van der Waals surface area contributed by atoms with Gasteiger partial charge in [0.05, 0.1) is 6.54 Å². The van der Waals surface area contributed by atoms with Gasteiger partial charge in [0.1, 0.15) is 0 Å². The summed E-state index contributed by atoms with van der Waals surface area (Å²) in [7, 11) is 3.48. The molecule has 2 amide bonds. The molecule has 0 fully saturated rings. The second-order valence-electron chi connectivity index (χ2n) is 3.98. The lowest BCUT2D eigenvalue weighted by atomic mass is 10.2. The summed E-state index contributed by atoms with van der Waals surface area (Å²) in [6.07, 6.45) is 0. The summed E-state index contributed by atoms with van der Waals surface area (Å²) >= 11 is 0. The van der Waals surface area contributed by atoms with Crippen LogP contribution in [0.5, 0.6) is 0 Å². The number of hydrogen-bond donors (Lipinski definition) is 0. The molecular formula is C13H18N2O. The van der Waals surface area contributed by atoms with Gasteiger partial charge in [0, 0.05) is 19.8 Å². The highest BCUT2D eigenvalue weighted by atomic mass is 16.2. The number of amides is 2. The first kappa shape index (κ1) is 12.3. The topological polar surface area (TPSA) is 23.6 Å². The monoisotopic (exact) mass is 218 g/mol. The number of nitrogens with zero attached hydrogens (tertiary/aromatic N) is 2. The molecule has 0 aliphatic carbocycles. The van der Waals surface area contributed by atoms with Crippen LogP contribution in [0.15, 0.2) is 42.6 Å². The van der Waals surface area contributed by atoms with Gasteiger partial charge in [-0.3, -0.25) is 4.90 Å². The molecule has 3 heteroatoms. The number of allylic oxidation sites excluding steroid dienone is 1. The Morgan fingerprint density at radius 2 is 1.81 bits per heavy atom. The van der Waals surface area contributed by atoms with Crippen LogP contribution in [0.25, 0.3) is 0 Å². The van der Waals surface area contributed by atoms with Gasteiger partial charge in [-0.25, -0.2) is 4.79 Å². The maximum absolute atomic E-state index is 11.9. The molecule has 0 aliphatic rings. The Morgan fingerprint density at radius 3 is 2.25 bits per heavy atom. The van der Waals surface area contributed by atoms with E-state index in [1.165, 1.54) is 0 Å². The second kappa shape index (κ2) is 5.35. The fourth-order valence-corrected chi connectivity index (χ4v) is 1.37. The quantitative estimate of drug-likeness (QED) is 0.765. The molecular weight excluding hydrogens is 200 g/mol. The Labute approximate surface area is 97.0 Å². The highest BCUT2D eigenvalue weighted by Gasteiger charge is 2.15. The number of rotatable bonds is 3. The van der Waals surface area contributed by atoms with E-state index in [0.29, 0.717) is 6.54 Å². The Hall–Kier alpha value is -1.77. The zero-order valence-corrected chi connectivity index (χ0v) is 10.1. The minimum Gasteiger partial charge on any atom is -0.330 e. The SMILES string of the molecule is C=C(C)N(Cc1ccccc1)C(=O)N(C)C. The summed E-state index contributed by atoms with van der Waals surface area (Å²) in [6, 6.07) is 9.84. The highest BCUT2D eigenvalue weighted by molar-refractivity contribution is 5.75. The third-order valence-corrected chi connectivity index (χ3v) is 2.26. The summed E-state index contributed by atoms with van der Waals surface area (Å²) < 4.78 is 0. The number of hydrogen-bond acceptors (Lipinski definition) is 1. The normalized spacial score (nSPS) is 9.69. The molecule has 0 spiro atoms. The van der Waals surface area contributed by atoms with E-state index >= 15 is 0 Å². The Kier molecular flexibility index (Phi) is 4.11. The van der Waals surface area contributed by atoms with Gasteiger partial charge >= 0.3 is 6.03 Å². The van der Waals surface area contributed by atoms with Gasteiger partial charge < -0.3 is 4.90 Å². The molecule has 0 atom stereocenters. The van der Waals surface area contributed by atoms with Gasteiger partial charge in [0.2, 0.25) is 0 Å². The van der Waals surface area contributed by atoms with E-state index in [1.807, 2.05) is 37.3 Å². The predicted octanol–water partition coefficient (Wildman–Crippen LogP) is 2.70. The molecule has 1 aromatic carbocycles. The van der Waals surface area contributed by atoms with Crippen molar-refractivity contribution in [2.75, 3.05) is 14.1 Å². The Balaban J connectivity index is 2.81. The van der Waals surface area contributed by atoms with Gasteiger partial charge in [-0.1, -0.05) is 36.9 Å². The fourth-order valence-electron chi connectivity index (χ4n) is 1.37. The largest absolute Gasteiger partial charge is 0.330 e. The van der Waals surface area contributed by atoms with Gasteiger partial charge in [0.25, 0.3) is 0 Å². The molecule has 86 valence electrons. The molecule has 0 N–H and O–H groups in total. The summed E-state index contributed by atoms with van der Waals surface area (Å²) in [5.74, 6) is 0. The van der Waals surface area contributed by atoms with E-state index in [0.717, 1.165) is 11.3 Å². The third kappa shape index (κ3) is 3.12. The first-order valence-electron chi connectivity index (χ1n) is 5.20. The van der Waals surface area contributed by atoms with Crippen LogP contribution in [-0.4, -0.2) is 29.9 Å². The first-order chi connectivity index (χ1) is 7.52. The average Bonchev–Trinajstić information content (AvgIpc) is 2.26. The van der Waals surface area contributed by atoms with Crippen LogP contribution in [0.1, 0.15) is 12.5 Å². The van der Waals surface area contributed by atoms with Crippen LogP contribution < -0.4 is 0 Å². The molecule has 0 aromatic heterocycles. The summed E-state index contributed by atoms with van der Waals surface area (Å²) in [5, 5.41) is 0. The van der Waals surface area contributed by atoms with Crippen LogP contribution in [0, 0.1) is 0 Å². The van der Waals surface area contributed by atoms with Crippen molar-refractivity contribution in [3.63, 3.8) is 0 Å². The fraction of sp³-hybridized carbons (Fsp3) is 0.308. The lowest BCUT2D eigenvalue weighted by Gasteiger charge is -2.26. The number of urea groups is 1. The smallest absolute Gasteiger partial charge is 0.323 e. The second-order valence-corrected chi connectivity index (χ2v) is 3.98. The zero-order chi connectivity index (χ0) is 12.1. The van der Waals surface area contributed by atoms with Crippen LogP contribution >= 0.6 is 0 Å². The van der Waals surface area contributed by atoms with Crippen molar-refractivity contribution in [1.29, 1.82) is 0 Å². The van der Waals surface area contributed by atoms with Crippen molar-refractivity contribution < 1.29 is 4.79 Å². The van der Waals surface area contributed by atoms with Crippen molar-refractivity contribution in [2.45, 2.75) is 13.5 Å². The molecule has 0 aliphatic heterocycles. The zero-order valence-electron chi connectivity index (χ0n) is 10.1. The Bertz CT molecular complexity index is 371. The number of carbonyl (C=O) groups is 1. The van der Waals surface area contributed by atoms with Gasteiger partial charge in [0.15, 0.2) is 0 Å². The van der Waals surface area contributed by atoms with Crippen molar-refractivity contribution in [2.24, 2.45) is 0 Å². The lowest BCUT2D eigenvalue weighted by molar-refractivity contribution is 0.182. The van der Waals surface area contributed by atoms with E-state index in [1.54, 1.807) is 23.9 Å². The van der Waals surface area contributed by atoms with Crippen molar-refractivity contribution in [3.8, 4) is 0 Å². The van der Waals surface area contributed by atoms with Gasteiger partial charge in [-0.2, -0.15) is 0 Å².